The molecule has 3 rings (SSSR count). The Labute approximate surface area is 141 Å². The van der Waals surface area contributed by atoms with E-state index in [2.05, 4.69) is 26.7 Å². The third kappa shape index (κ3) is 3.43. The number of halogens is 1. The molecule has 24 heavy (non-hydrogen) atoms. The Bertz CT molecular complexity index is 727. The minimum absolute atomic E-state index is 0.102. The molecule has 1 N–H and O–H groups in total. The maximum absolute atomic E-state index is 14.0. The highest BCUT2D eigenvalue weighted by Gasteiger charge is 2.23. The Kier molecular flexibility index (Phi) is 5.14. The van der Waals surface area contributed by atoms with Gasteiger partial charge in [-0.1, -0.05) is 13.0 Å². The van der Waals surface area contributed by atoms with Gasteiger partial charge in [-0.15, -0.1) is 0 Å². The number of hydrogen-bond donors (Lipinski definition) is 1. The van der Waals surface area contributed by atoms with E-state index in [0.717, 1.165) is 43.8 Å². The molecule has 1 aromatic carbocycles. The second kappa shape index (κ2) is 7.30. The molecular formula is C18H25FN4O. The number of benzene rings is 1. The first-order chi connectivity index (χ1) is 11.6. The molecule has 2 heterocycles. The van der Waals surface area contributed by atoms with Crippen LogP contribution < -0.4 is 5.32 Å². The third-order valence-electron chi connectivity index (χ3n) is 4.68. The fraction of sp³-hybridized carbons (Fsp3) is 0.556. The van der Waals surface area contributed by atoms with Gasteiger partial charge in [0.1, 0.15) is 11.3 Å². The minimum atomic E-state index is -0.271. The molecule has 1 saturated heterocycles. The molecule has 1 amide bonds. The van der Waals surface area contributed by atoms with Crippen LogP contribution in [0.4, 0.5) is 4.39 Å². The van der Waals surface area contributed by atoms with Crippen LogP contribution in [0, 0.1) is 5.82 Å². The smallest absolute Gasteiger partial charge is 0.219 e. The van der Waals surface area contributed by atoms with Gasteiger partial charge in [0.15, 0.2) is 5.82 Å². The second-order valence-electron chi connectivity index (χ2n) is 6.38. The van der Waals surface area contributed by atoms with Crippen molar-refractivity contribution in [1.29, 1.82) is 0 Å². The van der Waals surface area contributed by atoms with Crippen molar-refractivity contribution in [2.75, 3.05) is 13.1 Å². The molecule has 0 radical (unpaired) electrons. The first-order valence-electron chi connectivity index (χ1n) is 8.77. The molecule has 0 aliphatic carbocycles. The first kappa shape index (κ1) is 16.9. The molecule has 2 aromatic rings. The van der Waals surface area contributed by atoms with Crippen LogP contribution in [0.1, 0.15) is 38.9 Å². The van der Waals surface area contributed by atoms with Crippen molar-refractivity contribution in [2.45, 2.75) is 52.2 Å². The third-order valence-corrected chi connectivity index (χ3v) is 4.68. The molecule has 0 bridgehead atoms. The predicted octanol–water partition coefficient (Wildman–Crippen LogP) is 2.69. The number of rotatable bonds is 5. The number of nitrogens with zero attached hydrogens (tertiary/aromatic N) is 3. The largest absolute Gasteiger partial charge is 0.352 e. The maximum Gasteiger partial charge on any atom is 0.219 e. The molecule has 0 spiro atoms. The number of likely N-dealkylation sites (tertiary alicyclic amines) is 1. The number of aryl methyl sites for hydroxylation is 1. The molecule has 130 valence electrons. The minimum Gasteiger partial charge on any atom is -0.352 e. The van der Waals surface area contributed by atoms with E-state index in [1.165, 1.54) is 6.07 Å². The summed E-state index contributed by atoms with van der Waals surface area (Å²) >= 11 is 0. The summed E-state index contributed by atoms with van der Waals surface area (Å²) in [5, 5.41) is 3.08. The van der Waals surface area contributed by atoms with Crippen LogP contribution in [0.5, 0.6) is 0 Å². The fourth-order valence-corrected chi connectivity index (χ4v) is 3.48. The number of hydrogen-bond acceptors (Lipinski definition) is 3. The lowest BCUT2D eigenvalue weighted by atomic mass is 10.1. The number of amides is 1. The van der Waals surface area contributed by atoms with Gasteiger partial charge in [0.2, 0.25) is 5.91 Å². The van der Waals surface area contributed by atoms with Crippen LogP contribution in [0.2, 0.25) is 0 Å². The average molecular weight is 332 g/mol. The van der Waals surface area contributed by atoms with E-state index in [0.29, 0.717) is 18.5 Å². The van der Waals surface area contributed by atoms with Gasteiger partial charge in [0.25, 0.3) is 0 Å². The van der Waals surface area contributed by atoms with E-state index in [1.807, 2.05) is 13.0 Å². The summed E-state index contributed by atoms with van der Waals surface area (Å²) in [5.74, 6) is 0.720. The number of carbonyl (C=O) groups is 1. The highest BCUT2D eigenvalue weighted by Crippen LogP contribution is 2.21. The lowest BCUT2D eigenvalue weighted by molar-refractivity contribution is -0.121. The number of para-hydroxylation sites is 1. The SMILES string of the molecule is CCC(=O)N[C@@H]1CCCN(Cc2nc3c(F)cccc3n2CC)C1. The summed E-state index contributed by atoms with van der Waals surface area (Å²) in [5.41, 5.74) is 1.29. The molecule has 5 nitrogen and oxygen atoms in total. The van der Waals surface area contributed by atoms with Crippen molar-refractivity contribution >= 4 is 16.9 Å². The van der Waals surface area contributed by atoms with E-state index in [4.69, 9.17) is 0 Å². The van der Waals surface area contributed by atoms with Crippen molar-refractivity contribution in [3.63, 3.8) is 0 Å². The average Bonchev–Trinajstić information content (AvgIpc) is 2.93. The molecule has 1 atom stereocenters. The van der Waals surface area contributed by atoms with Gasteiger partial charge in [-0.3, -0.25) is 9.69 Å². The van der Waals surface area contributed by atoms with Gasteiger partial charge in [0, 0.05) is 25.6 Å². The van der Waals surface area contributed by atoms with E-state index < -0.39 is 0 Å². The van der Waals surface area contributed by atoms with Crippen LogP contribution in [-0.2, 0) is 17.9 Å². The Morgan fingerprint density at radius 2 is 2.25 bits per heavy atom. The summed E-state index contributed by atoms with van der Waals surface area (Å²) in [6.07, 6.45) is 2.58. The lowest BCUT2D eigenvalue weighted by Crippen LogP contribution is -2.47. The Morgan fingerprint density at radius 3 is 3.00 bits per heavy atom. The molecule has 1 aromatic heterocycles. The van der Waals surface area contributed by atoms with E-state index in [1.54, 1.807) is 6.07 Å². The van der Waals surface area contributed by atoms with Gasteiger partial charge in [0.05, 0.1) is 12.1 Å². The number of imidazole rings is 1. The van der Waals surface area contributed by atoms with Gasteiger partial charge >= 0.3 is 0 Å². The molecule has 0 saturated carbocycles. The summed E-state index contributed by atoms with van der Waals surface area (Å²) in [6, 6.07) is 5.30. The van der Waals surface area contributed by atoms with Gasteiger partial charge in [-0.05, 0) is 38.4 Å². The molecule has 1 fully saturated rings. The van der Waals surface area contributed by atoms with Crippen molar-refractivity contribution < 1.29 is 9.18 Å². The predicted molar refractivity (Wildman–Crippen MR) is 92.1 cm³/mol. The van der Waals surface area contributed by atoms with Gasteiger partial charge < -0.3 is 9.88 Å². The Morgan fingerprint density at radius 1 is 1.42 bits per heavy atom. The van der Waals surface area contributed by atoms with Crippen LogP contribution in [-0.4, -0.2) is 39.5 Å². The number of piperidine rings is 1. The topological polar surface area (TPSA) is 50.2 Å². The lowest BCUT2D eigenvalue weighted by Gasteiger charge is -2.32. The monoisotopic (exact) mass is 332 g/mol. The number of fused-ring (bicyclic) bond motifs is 1. The molecule has 6 heteroatoms. The highest BCUT2D eigenvalue weighted by atomic mass is 19.1. The van der Waals surface area contributed by atoms with Crippen LogP contribution in [0.15, 0.2) is 18.2 Å². The highest BCUT2D eigenvalue weighted by molar-refractivity contribution is 5.77. The van der Waals surface area contributed by atoms with Crippen molar-refractivity contribution in [1.82, 2.24) is 19.8 Å². The van der Waals surface area contributed by atoms with Crippen LogP contribution >= 0.6 is 0 Å². The van der Waals surface area contributed by atoms with Gasteiger partial charge in [-0.25, -0.2) is 9.37 Å². The van der Waals surface area contributed by atoms with Crippen molar-refractivity contribution in [3.05, 3.63) is 29.8 Å². The Hall–Kier alpha value is -1.95. The zero-order valence-corrected chi connectivity index (χ0v) is 14.4. The standard InChI is InChI=1S/C18H25FN4O/c1-3-17(24)20-13-7-6-10-22(11-13)12-16-21-18-14(19)8-5-9-15(18)23(16)4-2/h5,8-9,13H,3-4,6-7,10-12H2,1-2H3,(H,20,24)/t13-/m1/s1. The summed E-state index contributed by atoms with van der Waals surface area (Å²) in [6.45, 7) is 7.17. The molecule has 0 unspecified atom stereocenters. The van der Waals surface area contributed by atoms with Crippen LogP contribution in [0.25, 0.3) is 11.0 Å². The maximum atomic E-state index is 14.0. The normalized spacial score (nSPS) is 18.9. The van der Waals surface area contributed by atoms with E-state index in [9.17, 15) is 9.18 Å². The van der Waals surface area contributed by atoms with Gasteiger partial charge in [-0.2, -0.15) is 0 Å². The number of carbonyl (C=O) groups excluding carboxylic acids is 1. The molecule has 1 aliphatic heterocycles. The summed E-state index contributed by atoms with van der Waals surface area (Å²) in [4.78, 5) is 18.5. The van der Waals surface area contributed by atoms with E-state index >= 15 is 0 Å². The van der Waals surface area contributed by atoms with E-state index in [-0.39, 0.29) is 17.8 Å². The second-order valence-corrected chi connectivity index (χ2v) is 6.38. The number of aromatic nitrogens is 2. The molecular weight excluding hydrogens is 307 g/mol. The van der Waals surface area contributed by atoms with Crippen molar-refractivity contribution in [2.24, 2.45) is 0 Å². The zero-order valence-electron chi connectivity index (χ0n) is 14.4. The molecule has 1 aliphatic rings. The van der Waals surface area contributed by atoms with Crippen molar-refractivity contribution in [3.8, 4) is 0 Å². The fourth-order valence-electron chi connectivity index (χ4n) is 3.48. The zero-order chi connectivity index (χ0) is 17.1. The number of nitrogens with one attached hydrogen (secondary N) is 1. The quantitative estimate of drug-likeness (QED) is 0.916. The summed E-state index contributed by atoms with van der Waals surface area (Å²) in [7, 11) is 0. The Balaban J connectivity index is 1.77. The summed E-state index contributed by atoms with van der Waals surface area (Å²) < 4.78 is 16.1. The first-order valence-corrected chi connectivity index (χ1v) is 8.77. The van der Waals surface area contributed by atoms with Crippen LogP contribution in [0.3, 0.4) is 0 Å².